The molecule has 1 aliphatic heterocycles. The Balaban J connectivity index is 1.52. The second-order valence-electron chi connectivity index (χ2n) is 9.08. The molecule has 5 rings (SSSR count). The number of hydrogen-bond acceptors (Lipinski definition) is 5. The summed E-state index contributed by atoms with van der Waals surface area (Å²) < 4.78 is 8.36. The molecule has 0 N–H and O–H groups in total. The standard InChI is InChI=1S/C31H29N3O2S2/c1-3-4-18-36-27-17-11-14-24(19-27)29-25(21-33(32-29)26-15-9-6-10-16-26)20-28-30(35)34(31(37)38-28)22(2)23-12-7-5-8-13-23/h5-17,19-22H,3-4,18H2,1-2H3/b28-20-. The van der Waals surface area contributed by atoms with Crippen LogP contribution in [0, 0.1) is 0 Å². The Kier molecular flexibility index (Phi) is 8.05. The Bertz CT molecular complexity index is 1460. The molecule has 0 aliphatic carbocycles. The van der Waals surface area contributed by atoms with E-state index < -0.39 is 0 Å². The number of ether oxygens (including phenoxy) is 1. The Hall–Kier alpha value is -3.68. The topological polar surface area (TPSA) is 47.4 Å². The van der Waals surface area contributed by atoms with E-state index in [4.69, 9.17) is 22.1 Å². The molecule has 1 atom stereocenters. The maximum absolute atomic E-state index is 13.6. The van der Waals surface area contributed by atoms with E-state index in [1.165, 1.54) is 11.8 Å². The third-order valence-electron chi connectivity index (χ3n) is 6.42. The van der Waals surface area contributed by atoms with Gasteiger partial charge in [0.15, 0.2) is 0 Å². The fourth-order valence-corrected chi connectivity index (χ4v) is 5.74. The first-order valence-corrected chi connectivity index (χ1v) is 14.0. The van der Waals surface area contributed by atoms with Gasteiger partial charge in [0, 0.05) is 17.3 Å². The second-order valence-corrected chi connectivity index (χ2v) is 10.8. The van der Waals surface area contributed by atoms with Gasteiger partial charge < -0.3 is 4.74 Å². The van der Waals surface area contributed by atoms with Crippen LogP contribution >= 0.6 is 24.0 Å². The molecule has 7 heteroatoms. The number of thiocarbonyl (C=S) groups is 1. The Morgan fingerprint density at radius 3 is 2.50 bits per heavy atom. The fourth-order valence-electron chi connectivity index (χ4n) is 4.33. The van der Waals surface area contributed by atoms with E-state index in [0.717, 1.165) is 46.7 Å². The van der Waals surface area contributed by atoms with Gasteiger partial charge in [-0.15, -0.1) is 0 Å². The van der Waals surface area contributed by atoms with Gasteiger partial charge in [-0.05, 0) is 49.2 Å². The van der Waals surface area contributed by atoms with Crippen LogP contribution in [0.4, 0.5) is 0 Å². The van der Waals surface area contributed by atoms with E-state index in [1.807, 2.05) is 109 Å². The molecule has 5 nitrogen and oxygen atoms in total. The highest BCUT2D eigenvalue weighted by molar-refractivity contribution is 8.26. The fraction of sp³-hybridized carbons (Fsp3) is 0.194. The molecule has 0 radical (unpaired) electrons. The molecule has 38 heavy (non-hydrogen) atoms. The van der Waals surface area contributed by atoms with Crippen molar-refractivity contribution >= 4 is 40.3 Å². The summed E-state index contributed by atoms with van der Waals surface area (Å²) in [6, 6.07) is 27.7. The lowest BCUT2D eigenvalue weighted by Gasteiger charge is -2.23. The number of para-hydroxylation sites is 1. The third kappa shape index (κ3) is 5.59. The Morgan fingerprint density at radius 1 is 1.03 bits per heavy atom. The van der Waals surface area contributed by atoms with Gasteiger partial charge in [-0.1, -0.05) is 98.0 Å². The minimum atomic E-state index is -0.155. The highest BCUT2D eigenvalue weighted by atomic mass is 32.2. The van der Waals surface area contributed by atoms with E-state index in [2.05, 4.69) is 6.92 Å². The summed E-state index contributed by atoms with van der Waals surface area (Å²) in [7, 11) is 0. The first-order valence-electron chi connectivity index (χ1n) is 12.8. The summed E-state index contributed by atoms with van der Waals surface area (Å²) in [5, 5.41) is 4.93. The zero-order valence-corrected chi connectivity index (χ0v) is 23.0. The van der Waals surface area contributed by atoms with Crippen LogP contribution in [0.5, 0.6) is 5.75 Å². The molecule has 1 amide bonds. The van der Waals surface area contributed by atoms with Gasteiger partial charge in [-0.25, -0.2) is 4.68 Å². The molecular formula is C31H29N3O2S2. The van der Waals surface area contributed by atoms with Crippen LogP contribution < -0.4 is 4.74 Å². The van der Waals surface area contributed by atoms with Crippen molar-refractivity contribution in [3.63, 3.8) is 0 Å². The van der Waals surface area contributed by atoms with Crippen LogP contribution in [0.3, 0.4) is 0 Å². The minimum absolute atomic E-state index is 0.0913. The van der Waals surface area contributed by atoms with Gasteiger partial charge in [0.25, 0.3) is 5.91 Å². The second kappa shape index (κ2) is 11.8. The van der Waals surface area contributed by atoms with Crippen LogP contribution in [0.15, 0.2) is 96.0 Å². The van der Waals surface area contributed by atoms with Crippen molar-refractivity contribution in [1.82, 2.24) is 14.7 Å². The first-order chi connectivity index (χ1) is 18.5. The monoisotopic (exact) mass is 539 g/mol. The molecule has 1 fully saturated rings. The van der Waals surface area contributed by atoms with Gasteiger partial charge >= 0.3 is 0 Å². The number of amides is 1. The number of carbonyl (C=O) groups is 1. The quantitative estimate of drug-likeness (QED) is 0.124. The summed E-state index contributed by atoms with van der Waals surface area (Å²) in [4.78, 5) is 15.8. The van der Waals surface area contributed by atoms with E-state index >= 15 is 0 Å². The molecular weight excluding hydrogens is 510 g/mol. The molecule has 1 saturated heterocycles. The molecule has 0 spiro atoms. The summed E-state index contributed by atoms with van der Waals surface area (Å²) >= 11 is 6.99. The van der Waals surface area contributed by atoms with Gasteiger partial charge in [0.1, 0.15) is 15.8 Å². The van der Waals surface area contributed by atoms with Crippen molar-refractivity contribution in [3.05, 3.63) is 107 Å². The van der Waals surface area contributed by atoms with Crippen LogP contribution in [0.1, 0.15) is 43.9 Å². The largest absolute Gasteiger partial charge is 0.494 e. The van der Waals surface area contributed by atoms with E-state index in [1.54, 1.807) is 4.90 Å². The summed E-state index contributed by atoms with van der Waals surface area (Å²) in [5.41, 5.74) is 4.52. The predicted molar refractivity (Wildman–Crippen MR) is 159 cm³/mol. The Labute approximate surface area is 233 Å². The molecule has 1 aliphatic rings. The molecule has 4 aromatic rings. The molecule has 1 unspecified atom stereocenters. The predicted octanol–water partition coefficient (Wildman–Crippen LogP) is 7.68. The van der Waals surface area contributed by atoms with Crippen molar-refractivity contribution in [2.45, 2.75) is 32.7 Å². The van der Waals surface area contributed by atoms with Gasteiger partial charge in [-0.3, -0.25) is 9.69 Å². The smallest absolute Gasteiger partial charge is 0.266 e. The molecule has 2 heterocycles. The van der Waals surface area contributed by atoms with Crippen molar-refractivity contribution in [1.29, 1.82) is 0 Å². The van der Waals surface area contributed by atoms with Crippen LogP contribution in [0.25, 0.3) is 23.0 Å². The Morgan fingerprint density at radius 2 is 1.76 bits per heavy atom. The zero-order valence-electron chi connectivity index (χ0n) is 21.4. The van der Waals surface area contributed by atoms with E-state index in [9.17, 15) is 4.79 Å². The van der Waals surface area contributed by atoms with Crippen LogP contribution in [-0.4, -0.2) is 31.5 Å². The molecule has 192 valence electrons. The molecule has 0 saturated carbocycles. The van der Waals surface area contributed by atoms with E-state index in [0.29, 0.717) is 15.8 Å². The third-order valence-corrected chi connectivity index (χ3v) is 7.75. The molecule has 1 aromatic heterocycles. The number of aromatic nitrogens is 2. The number of hydrogen-bond donors (Lipinski definition) is 0. The first kappa shape index (κ1) is 25.9. The highest BCUT2D eigenvalue weighted by Crippen LogP contribution is 2.39. The number of benzene rings is 3. The molecule has 0 bridgehead atoms. The van der Waals surface area contributed by atoms with Gasteiger partial charge in [-0.2, -0.15) is 5.10 Å². The maximum atomic E-state index is 13.6. The number of unbranched alkanes of at least 4 members (excludes halogenated alkanes) is 1. The number of thioether (sulfide) groups is 1. The lowest BCUT2D eigenvalue weighted by molar-refractivity contribution is -0.123. The van der Waals surface area contributed by atoms with Crippen molar-refractivity contribution in [2.75, 3.05) is 6.61 Å². The summed E-state index contributed by atoms with van der Waals surface area (Å²) in [6.45, 7) is 4.82. The maximum Gasteiger partial charge on any atom is 0.266 e. The average Bonchev–Trinajstić information content (AvgIpc) is 3.49. The minimum Gasteiger partial charge on any atom is -0.494 e. The highest BCUT2D eigenvalue weighted by Gasteiger charge is 2.36. The van der Waals surface area contributed by atoms with Crippen molar-refractivity contribution in [2.24, 2.45) is 0 Å². The lowest BCUT2D eigenvalue weighted by atomic mass is 10.1. The average molecular weight is 540 g/mol. The number of rotatable bonds is 9. The van der Waals surface area contributed by atoms with Crippen molar-refractivity contribution < 1.29 is 9.53 Å². The summed E-state index contributed by atoms with van der Waals surface area (Å²) in [5.74, 6) is 0.714. The molecule has 3 aromatic carbocycles. The SMILES string of the molecule is CCCCOc1cccc(-c2nn(-c3ccccc3)cc2/C=C2\SC(=S)N(C(C)c3ccccc3)C2=O)c1. The number of nitrogens with zero attached hydrogens (tertiary/aromatic N) is 3. The van der Waals surface area contributed by atoms with Gasteiger partial charge in [0.05, 0.1) is 23.2 Å². The zero-order chi connectivity index (χ0) is 26.5. The van der Waals surface area contributed by atoms with Crippen LogP contribution in [0.2, 0.25) is 0 Å². The lowest BCUT2D eigenvalue weighted by Crippen LogP contribution is -2.30. The number of carbonyl (C=O) groups excluding carboxylic acids is 1. The van der Waals surface area contributed by atoms with E-state index in [-0.39, 0.29) is 11.9 Å². The summed E-state index contributed by atoms with van der Waals surface area (Å²) in [6.07, 6.45) is 5.94. The van der Waals surface area contributed by atoms with Crippen molar-refractivity contribution in [3.8, 4) is 22.7 Å². The van der Waals surface area contributed by atoms with Crippen LogP contribution in [-0.2, 0) is 4.79 Å². The van der Waals surface area contributed by atoms with Gasteiger partial charge in [0.2, 0.25) is 0 Å². The normalized spacial score (nSPS) is 15.3.